The summed E-state index contributed by atoms with van der Waals surface area (Å²) in [4.78, 5) is 22.2. The smallest absolute Gasteiger partial charge is 0.322 e. The zero-order chi connectivity index (χ0) is 13.1. The van der Waals surface area contributed by atoms with Gasteiger partial charge in [-0.2, -0.15) is 17.0 Å². The SMILES string of the molecule is CCOC(=O)C(N)CCSCC(=O)NCC#N. The molecule has 0 aliphatic rings. The molecule has 1 unspecified atom stereocenters. The summed E-state index contributed by atoms with van der Waals surface area (Å²) in [5.41, 5.74) is 5.57. The van der Waals surface area contributed by atoms with Gasteiger partial charge < -0.3 is 15.8 Å². The quantitative estimate of drug-likeness (QED) is 0.350. The molecule has 0 saturated heterocycles. The van der Waals surface area contributed by atoms with Gasteiger partial charge in [0.15, 0.2) is 0 Å². The number of amides is 1. The summed E-state index contributed by atoms with van der Waals surface area (Å²) in [6.07, 6.45) is 0.467. The minimum Gasteiger partial charge on any atom is -0.465 e. The van der Waals surface area contributed by atoms with Crippen LogP contribution in [0.2, 0.25) is 0 Å². The molecule has 0 radical (unpaired) electrons. The van der Waals surface area contributed by atoms with Crippen molar-refractivity contribution in [2.45, 2.75) is 19.4 Å². The second-order valence-corrected chi connectivity index (χ2v) is 4.24. The van der Waals surface area contributed by atoms with Crippen LogP contribution >= 0.6 is 11.8 Å². The van der Waals surface area contributed by atoms with Crippen molar-refractivity contribution in [1.29, 1.82) is 5.26 Å². The van der Waals surface area contributed by atoms with Crippen LogP contribution in [0.1, 0.15) is 13.3 Å². The number of hydrogen-bond donors (Lipinski definition) is 2. The normalized spacial score (nSPS) is 11.4. The molecule has 0 bridgehead atoms. The van der Waals surface area contributed by atoms with Gasteiger partial charge in [-0.05, 0) is 19.1 Å². The first kappa shape index (κ1) is 15.7. The van der Waals surface area contributed by atoms with Gasteiger partial charge in [0.05, 0.1) is 18.4 Å². The third kappa shape index (κ3) is 8.54. The van der Waals surface area contributed by atoms with Crippen molar-refractivity contribution in [3.63, 3.8) is 0 Å². The van der Waals surface area contributed by atoms with Crippen LogP contribution < -0.4 is 11.1 Å². The topological polar surface area (TPSA) is 105 Å². The van der Waals surface area contributed by atoms with E-state index in [9.17, 15) is 9.59 Å². The molecule has 7 heteroatoms. The number of hydrogen-bond acceptors (Lipinski definition) is 6. The predicted octanol–water partition coefficient (Wildman–Crippen LogP) is -0.360. The average molecular weight is 259 g/mol. The number of ether oxygens (including phenoxy) is 1. The molecule has 0 saturated carbocycles. The van der Waals surface area contributed by atoms with Gasteiger partial charge in [-0.15, -0.1) is 0 Å². The van der Waals surface area contributed by atoms with Gasteiger partial charge in [0.25, 0.3) is 0 Å². The monoisotopic (exact) mass is 259 g/mol. The number of thioether (sulfide) groups is 1. The zero-order valence-corrected chi connectivity index (χ0v) is 10.6. The van der Waals surface area contributed by atoms with Gasteiger partial charge in [-0.1, -0.05) is 0 Å². The number of carbonyl (C=O) groups is 2. The highest BCUT2D eigenvalue weighted by atomic mass is 32.2. The number of esters is 1. The van der Waals surface area contributed by atoms with E-state index in [1.165, 1.54) is 11.8 Å². The first-order valence-corrected chi connectivity index (χ1v) is 6.40. The van der Waals surface area contributed by atoms with Crippen LogP contribution in [0, 0.1) is 11.3 Å². The van der Waals surface area contributed by atoms with E-state index in [-0.39, 0.29) is 18.2 Å². The average Bonchev–Trinajstić information content (AvgIpc) is 2.32. The molecule has 0 heterocycles. The highest BCUT2D eigenvalue weighted by Gasteiger charge is 2.13. The van der Waals surface area contributed by atoms with E-state index in [4.69, 9.17) is 15.7 Å². The fourth-order valence-corrected chi connectivity index (χ4v) is 1.78. The molecule has 1 amide bonds. The molecule has 0 rings (SSSR count). The Balaban J connectivity index is 3.54. The lowest BCUT2D eigenvalue weighted by atomic mass is 10.2. The van der Waals surface area contributed by atoms with E-state index in [0.717, 1.165) is 0 Å². The summed E-state index contributed by atoms with van der Waals surface area (Å²) in [7, 11) is 0. The fraction of sp³-hybridized carbons (Fsp3) is 0.700. The van der Waals surface area contributed by atoms with Gasteiger partial charge >= 0.3 is 5.97 Å². The summed E-state index contributed by atoms with van der Waals surface area (Å²) in [6, 6.07) is 1.18. The third-order valence-corrected chi connectivity index (χ3v) is 2.75. The minimum absolute atomic E-state index is 0.0156. The third-order valence-electron chi connectivity index (χ3n) is 1.76. The van der Waals surface area contributed by atoms with E-state index >= 15 is 0 Å². The van der Waals surface area contributed by atoms with Crippen molar-refractivity contribution in [3.05, 3.63) is 0 Å². The van der Waals surface area contributed by atoms with Crippen molar-refractivity contribution >= 4 is 23.6 Å². The Kier molecular flexibility index (Phi) is 9.19. The van der Waals surface area contributed by atoms with Gasteiger partial charge in [-0.25, -0.2) is 0 Å². The molecule has 0 fully saturated rings. The van der Waals surface area contributed by atoms with Crippen LogP contribution in [-0.2, 0) is 14.3 Å². The predicted molar refractivity (Wildman–Crippen MR) is 65.2 cm³/mol. The molecule has 96 valence electrons. The number of carbonyl (C=O) groups excluding carboxylic acids is 2. The molecule has 0 aliphatic carbocycles. The number of nitrogens with zero attached hydrogens (tertiary/aromatic N) is 1. The lowest BCUT2D eigenvalue weighted by Gasteiger charge is -2.09. The maximum atomic E-state index is 11.1. The highest BCUT2D eigenvalue weighted by Crippen LogP contribution is 2.04. The van der Waals surface area contributed by atoms with Crippen molar-refractivity contribution in [1.82, 2.24) is 5.32 Å². The molecule has 0 aromatic rings. The number of nitrogens with one attached hydrogen (secondary N) is 1. The summed E-state index contributed by atoms with van der Waals surface area (Å²) in [6.45, 7) is 2.05. The van der Waals surface area contributed by atoms with Crippen molar-refractivity contribution in [2.24, 2.45) is 5.73 Å². The Hall–Kier alpha value is -1.26. The maximum Gasteiger partial charge on any atom is 0.322 e. The van der Waals surface area contributed by atoms with Crippen LogP contribution in [0.3, 0.4) is 0 Å². The summed E-state index contributed by atoms with van der Waals surface area (Å²) >= 11 is 1.37. The molecule has 1 atom stereocenters. The summed E-state index contributed by atoms with van der Waals surface area (Å²) in [5, 5.41) is 10.7. The van der Waals surface area contributed by atoms with Crippen LogP contribution in [0.15, 0.2) is 0 Å². The van der Waals surface area contributed by atoms with Crippen LogP contribution in [-0.4, -0.2) is 42.6 Å². The van der Waals surface area contributed by atoms with Crippen molar-refractivity contribution in [3.8, 4) is 6.07 Å². The van der Waals surface area contributed by atoms with E-state index < -0.39 is 12.0 Å². The van der Waals surface area contributed by atoms with E-state index in [1.54, 1.807) is 6.92 Å². The number of rotatable bonds is 8. The van der Waals surface area contributed by atoms with E-state index in [0.29, 0.717) is 18.8 Å². The number of nitriles is 1. The lowest BCUT2D eigenvalue weighted by Crippen LogP contribution is -2.33. The van der Waals surface area contributed by atoms with Crippen LogP contribution in [0.5, 0.6) is 0 Å². The molecule has 17 heavy (non-hydrogen) atoms. The standard InChI is InChI=1S/C10H17N3O3S/c1-2-16-10(15)8(12)3-6-17-7-9(14)13-5-4-11/h8H,2-3,5-7,12H2,1H3,(H,13,14). The highest BCUT2D eigenvalue weighted by molar-refractivity contribution is 7.99. The largest absolute Gasteiger partial charge is 0.465 e. The van der Waals surface area contributed by atoms with Crippen molar-refractivity contribution < 1.29 is 14.3 Å². The molecular weight excluding hydrogens is 242 g/mol. The van der Waals surface area contributed by atoms with E-state index in [2.05, 4.69) is 5.32 Å². The first-order valence-electron chi connectivity index (χ1n) is 5.25. The fourth-order valence-electron chi connectivity index (χ4n) is 0.931. The molecule has 0 aliphatic heterocycles. The molecule has 0 aromatic heterocycles. The van der Waals surface area contributed by atoms with Gasteiger partial charge in [0, 0.05) is 0 Å². The van der Waals surface area contributed by atoms with Gasteiger partial charge in [0.1, 0.15) is 12.6 Å². The Morgan fingerprint density at radius 3 is 2.88 bits per heavy atom. The Morgan fingerprint density at radius 1 is 1.59 bits per heavy atom. The minimum atomic E-state index is -0.635. The second-order valence-electron chi connectivity index (χ2n) is 3.13. The zero-order valence-electron chi connectivity index (χ0n) is 9.77. The first-order chi connectivity index (χ1) is 8.11. The summed E-state index contributed by atoms with van der Waals surface area (Å²) in [5.74, 6) is 0.250. The Labute approximate surface area is 105 Å². The van der Waals surface area contributed by atoms with Crippen LogP contribution in [0.25, 0.3) is 0 Å². The lowest BCUT2D eigenvalue weighted by molar-refractivity contribution is -0.144. The Morgan fingerprint density at radius 2 is 2.29 bits per heavy atom. The molecular formula is C10H17N3O3S. The molecule has 3 N–H and O–H groups in total. The molecule has 6 nitrogen and oxygen atoms in total. The maximum absolute atomic E-state index is 11.1. The Bertz CT molecular complexity index is 291. The van der Waals surface area contributed by atoms with Crippen LogP contribution in [0.4, 0.5) is 0 Å². The summed E-state index contributed by atoms with van der Waals surface area (Å²) < 4.78 is 4.75. The van der Waals surface area contributed by atoms with E-state index in [1.807, 2.05) is 6.07 Å². The molecule has 0 spiro atoms. The molecule has 0 aromatic carbocycles. The van der Waals surface area contributed by atoms with Gasteiger partial charge in [0.2, 0.25) is 5.91 Å². The van der Waals surface area contributed by atoms with Crippen molar-refractivity contribution in [2.75, 3.05) is 24.7 Å². The number of nitrogens with two attached hydrogens (primary N) is 1. The van der Waals surface area contributed by atoms with Gasteiger partial charge in [-0.3, -0.25) is 9.59 Å². The second kappa shape index (κ2) is 9.93.